The van der Waals surface area contributed by atoms with Crippen molar-refractivity contribution >= 4 is 29.8 Å². The van der Waals surface area contributed by atoms with Gasteiger partial charge < -0.3 is 14.2 Å². The Hall–Kier alpha value is -2.37. The lowest BCUT2D eigenvalue weighted by molar-refractivity contribution is 0.158. The highest BCUT2D eigenvalue weighted by Crippen LogP contribution is 2.37. The molecule has 2 heterocycles. The standard InChI is InChI=1S/C25H37FN4O4SSi/c1-25(2,3)36(5,6)34-18-19-8-7-9-22(23(19)26)20-16-27-24(28-17-20)30-12-10-21(11-13-30)29-33-14-15-35(4,31)32/h7-9,16-17H,10-15,18H2,1-6H3. The number of benzene rings is 1. The summed E-state index contributed by atoms with van der Waals surface area (Å²) in [5.41, 5.74) is 2.49. The molecule has 2 aromatic rings. The average Bonchev–Trinajstić information content (AvgIpc) is 2.80. The predicted octanol–water partition coefficient (Wildman–Crippen LogP) is 4.82. The summed E-state index contributed by atoms with van der Waals surface area (Å²) in [5, 5.41) is 4.12. The van der Waals surface area contributed by atoms with Crippen LogP contribution in [0.3, 0.4) is 0 Å². The van der Waals surface area contributed by atoms with Gasteiger partial charge in [0, 0.05) is 61.3 Å². The third-order valence-electron chi connectivity index (χ3n) is 6.79. The topological polar surface area (TPSA) is 94.0 Å². The molecule has 36 heavy (non-hydrogen) atoms. The molecule has 0 saturated carbocycles. The molecule has 1 aliphatic rings. The number of anilines is 1. The molecule has 0 bridgehead atoms. The quantitative estimate of drug-likeness (QED) is 0.258. The first kappa shape index (κ1) is 28.2. The minimum absolute atomic E-state index is 0.0523. The van der Waals surface area contributed by atoms with Crippen LogP contribution in [0.15, 0.2) is 35.7 Å². The van der Waals surface area contributed by atoms with Gasteiger partial charge in [-0.25, -0.2) is 22.8 Å². The van der Waals surface area contributed by atoms with Crippen LogP contribution in [0.5, 0.6) is 0 Å². The Kier molecular flexibility index (Phi) is 8.89. The molecular weight excluding hydrogens is 499 g/mol. The van der Waals surface area contributed by atoms with Gasteiger partial charge in [0.2, 0.25) is 5.95 Å². The minimum atomic E-state index is -3.06. The molecule has 0 aliphatic carbocycles. The number of hydrogen-bond acceptors (Lipinski definition) is 8. The van der Waals surface area contributed by atoms with E-state index in [-0.39, 0.29) is 29.8 Å². The number of nitrogens with zero attached hydrogens (tertiary/aromatic N) is 4. The molecule has 198 valence electrons. The highest BCUT2D eigenvalue weighted by molar-refractivity contribution is 7.90. The Labute approximate surface area is 215 Å². The summed E-state index contributed by atoms with van der Waals surface area (Å²) in [7, 11) is -5.06. The number of piperidine rings is 1. The Morgan fingerprint density at radius 2 is 1.78 bits per heavy atom. The maximum atomic E-state index is 15.3. The van der Waals surface area contributed by atoms with E-state index in [4.69, 9.17) is 9.26 Å². The lowest BCUT2D eigenvalue weighted by Crippen LogP contribution is -2.40. The molecule has 0 radical (unpaired) electrons. The SMILES string of the molecule is CC(C)(C)[Si](C)(C)OCc1cccc(-c2cnc(N3CCC(=NOCCS(C)(=O)=O)CC3)nc2)c1F. The van der Waals surface area contributed by atoms with E-state index in [2.05, 4.69) is 49.0 Å². The molecule has 0 unspecified atom stereocenters. The van der Waals surface area contributed by atoms with Crippen molar-refractivity contribution in [2.45, 2.75) is 58.4 Å². The summed E-state index contributed by atoms with van der Waals surface area (Å²) in [6.07, 6.45) is 5.82. The van der Waals surface area contributed by atoms with E-state index >= 15 is 4.39 Å². The highest BCUT2D eigenvalue weighted by Gasteiger charge is 2.37. The van der Waals surface area contributed by atoms with Gasteiger partial charge in [-0.3, -0.25) is 0 Å². The molecule has 0 spiro atoms. The van der Waals surface area contributed by atoms with Gasteiger partial charge in [-0.2, -0.15) is 0 Å². The van der Waals surface area contributed by atoms with Crippen LogP contribution in [0, 0.1) is 5.82 Å². The van der Waals surface area contributed by atoms with E-state index in [1.165, 1.54) is 6.26 Å². The molecule has 1 aromatic carbocycles. The van der Waals surface area contributed by atoms with Crippen LogP contribution in [0.4, 0.5) is 10.3 Å². The molecular formula is C25H37FN4O4SSi. The number of oxime groups is 1. The van der Waals surface area contributed by atoms with E-state index in [9.17, 15) is 8.42 Å². The number of halogens is 1. The van der Waals surface area contributed by atoms with Gasteiger partial charge in [0.15, 0.2) is 18.2 Å². The summed E-state index contributed by atoms with van der Waals surface area (Å²) in [6, 6.07) is 5.33. The second-order valence-corrected chi connectivity index (χ2v) is 17.8. The van der Waals surface area contributed by atoms with Crippen LogP contribution < -0.4 is 4.90 Å². The van der Waals surface area contributed by atoms with Crippen LogP contribution in [0.1, 0.15) is 39.2 Å². The molecule has 0 atom stereocenters. The van der Waals surface area contributed by atoms with Crippen molar-refractivity contribution in [1.29, 1.82) is 0 Å². The molecule has 1 aromatic heterocycles. The summed E-state index contributed by atoms with van der Waals surface area (Å²) < 4.78 is 43.9. The maximum Gasteiger partial charge on any atom is 0.225 e. The van der Waals surface area contributed by atoms with E-state index in [0.29, 0.717) is 48.6 Å². The molecule has 3 rings (SSSR count). The van der Waals surface area contributed by atoms with E-state index in [1.807, 2.05) is 11.0 Å². The van der Waals surface area contributed by atoms with Crippen molar-refractivity contribution in [3.8, 4) is 11.1 Å². The number of aromatic nitrogens is 2. The van der Waals surface area contributed by atoms with Crippen molar-refractivity contribution in [3.05, 3.63) is 42.0 Å². The second kappa shape index (κ2) is 11.3. The fourth-order valence-corrected chi connectivity index (χ4v) is 4.72. The normalized spacial score (nSPS) is 15.2. The van der Waals surface area contributed by atoms with Crippen LogP contribution in [-0.2, 0) is 25.7 Å². The molecule has 11 heteroatoms. The van der Waals surface area contributed by atoms with Gasteiger partial charge >= 0.3 is 0 Å². The third kappa shape index (κ3) is 7.56. The molecule has 1 saturated heterocycles. The Morgan fingerprint density at radius 1 is 1.14 bits per heavy atom. The minimum Gasteiger partial charge on any atom is -0.412 e. The fraction of sp³-hybridized carbons (Fsp3) is 0.560. The number of sulfone groups is 1. The monoisotopic (exact) mass is 536 g/mol. The lowest BCUT2D eigenvalue weighted by atomic mass is 10.1. The zero-order valence-corrected chi connectivity index (χ0v) is 23.9. The molecule has 1 aliphatic heterocycles. The fourth-order valence-electron chi connectivity index (χ4n) is 3.39. The lowest BCUT2D eigenvalue weighted by Gasteiger charge is -2.36. The third-order valence-corrected chi connectivity index (χ3v) is 12.2. The Balaban J connectivity index is 1.61. The van der Waals surface area contributed by atoms with Gasteiger partial charge in [-0.05, 0) is 18.1 Å². The first-order valence-corrected chi connectivity index (χ1v) is 17.1. The zero-order valence-electron chi connectivity index (χ0n) is 22.0. The molecule has 0 amide bonds. The van der Waals surface area contributed by atoms with Gasteiger partial charge in [-0.15, -0.1) is 0 Å². The molecule has 0 N–H and O–H groups in total. The van der Waals surface area contributed by atoms with Crippen molar-refractivity contribution in [2.75, 3.05) is 36.6 Å². The number of rotatable bonds is 9. The largest absolute Gasteiger partial charge is 0.412 e. The van der Waals surface area contributed by atoms with E-state index in [1.54, 1.807) is 24.5 Å². The summed E-state index contributed by atoms with van der Waals surface area (Å²) in [4.78, 5) is 16.1. The summed E-state index contributed by atoms with van der Waals surface area (Å²) in [6.45, 7) is 12.4. The van der Waals surface area contributed by atoms with Crippen molar-refractivity contribution in [3.63, 3.8) is 0 Å². The zero-order chi connectivity index (χ0) is 26.6. The van der Waals surface area contributed by atoms with Gasteiger partial charge in [0.25, 0.3) is 0 Å². The van der Waals surface area contributed by atoms with Crippen LogP contribution in [0.25, 0.3) is 11.1 Å². The van der Waals surface area contributed by atoms with Crippen molar-refractivity contribution in [2.24, 2.45) is 5.16 Å². The smallest absolute Gasteiger partial charge is 0.225 e. The number of hydrogen-bond donors (Lipinski definition) is 0. The molecule has 1 fully saturated rings. The molecule has 8 nitrogen and oxygen atoms in total. The maximum absolute atomic E-state index is 15.3. The van der Waals surface area contributed by atoms with Crippen LogP contribution in [0.2, 0.25) is 18.1 Å². The highest BCUT2D eigenvalue weighted by atomic mass is 32.2. The van der Waals surface area contributed by atoms with Crippen LogP contribution >= 0.6 is 0 Å². The van der Waals surface area contributed by atoms with Gasteiger partial charge in [0.05, 0.1) is 18.1 Å². The summed E-state index contributed by atoms with van der Waals surface area (Å²) >= 11 is 0. The van der Waals surface area contributed by atoms with Gasteiger partial charge in [-0.1, -0.05) is 44.1 Å². The van der Waals surface area contributed by atoms with E-state index < -0.39 is 18.2 Å². The van der Waals surface area contributed by atoms with E-state index in [0.717, 1.165) is 5.71 Å². The van der Waals surface area contributed by atoms with Gasteiger partial charge in [0.1, 0.15) is 12.4 Å². The Bertz CT molecular complexity index is 1170. The van der Waals surface area contributed by atoms with Crippen LogP contribution in [-0.4, -0.2) is 64.1 Å². The van der Waals surface area contributed by atoms with Crippen molar-refractivity contribution in [1.82, 2.24) is 9.97 Å². The van der Waals surface area contributed by atoms with Crippen molar-refractivity contribution < 1.29 is 22.1 Å². The Morgan fingerprint density at radius 3 is 2.36 bits per heavy atom. The first-order chi connectivity index (χ1) is 16.8. The summed E-state index contributed by atoms with van der Waals surface area (Å²) in [5.74, 6) is 0.222. The second-order valence-electron chi connectivity index (χ2n) is 10.7. The predicted molar refractivity (Wildman–Crippen MR) is 144 cm³/mol. The average molecular weight is 537 g/mol. The first-order valence-electron chi connectivity index (χ1n) is 12.1.